The summed E-state index contributed by atoms with van der Waals surface area (Å²) in [5.41, 5.74) is 6.21. The highest BCUT2D eigenvalue weighted by Crippen LogP contribution is 2.33. The number of nitrogen functional groups attached to an aromatic ring is 1. The van der Waals surface area contributed by atoms with E-state index in [4.69, 9.17) is 10.3 Å². The molecule has 0 saturated heterocycles. The van der Waals surface area contributed by atoms with Crippen LogP contribution in [0.4, 0.5) is 10.1 Å². The lowest BCUT2D eigenvalue weighted by molar-refractivity contribution is 0.0958. The van der Waals surface area contributed by atoms with Crippen molar-refractivity contribution in [1.82, 2.24) is 15.5 Å². The van der Waals surface area contributed by atoms with E-state index >= 15 is 0 Å². The van der Waals surface area contributed by atoms with Crippen LogP contribution in [0.1, 0.15) is 15.6 Å². The standard InChI is InChI=1S/C13H11FN4O2S/c14-7-1-2-9-8(5-7)11(15)12(21-9)13(19)16-4-3-10-17-6-18-20-10/h1-2,5-6H,3-4,15H2,(H,16,19). The number of carbonyl (C=O) groups excluding carboxylic acids is 1. The van der Waals surface area contributed by atoms with E-state index in [1.54, 1.807) is 6.07 Å². The first-order valence-corrected chi connectivity index (χ1v) is 6.98. The van der Waals surface area contributed by atoms with Gasteiger partial charge in [-0.15, -0.1) is 11.3 Å². The third kappa shape index (κ3) is 2.70. The maximum absolute atomic E-state index is 13.2. The number of anilines is 1. The van der Waals surface area contributed by atoms with Crippen LogP contribution in [0.3, 0.4) is 0 Å². The zero-order valence-electron chi connectivity index (χ0n) is 10.8. The van der Waals surface area contributed by atoms with Gasteiger partial charge in [0.25, 0.3) is 5.91 Å². The van der Waals surface area contributed by atoms with Crippen molar-refractivity contribution in [3.8, 4) is 0 Å². The lowest BCUT2D eigenvalue weighted by Gasteiger charge is -2.02. The average molecular weight is 306 g/mol. The first-order valence-electron chi connectivity index (χ1n) is 6.16. The van der Waals surface area contributed by atoms with Gasteiger partial charge in [0.1, 0.15) is 10.7 Å². The highest BCUT2D eigenvalue weighted by molar-refractivity contribution is 7.21. The smallest absolute Gasteiger partial charge is 0.263 e. The number of benzene rings is 1. The monoisotopic (exact) mass is 306 g/mol. The van der Waals surface area contributed by atoms with Gasteiger partial charge < -0.3 is 15.6 Å². The summed E-state index contributed by atoms with van der Waals surface area (Å²) >= 11 is 1.23. The van der Waals surface area contributed by atoms with Crippen molar-refractivity contribution in [3.63, 3.8) is 0 Å². The second-order valence-electron chi connectivity index (χ2n) is 4.33. The quantitative estimate of drug-likeness (QED) is 0.768. The molecule has 0 saturated carbocycles. The zero-order chi connectivity index (χ0) is 14.8. The number of nitrogens with two attached hydrogens (primary N) is 1. The Hall–Kier alpha value is -2.48. The molecule has 2 aromatic heterocycles. The van der Waals surface area contributed by atoms with Crippen LogP contribution in [0.15, 0.2) is 29.0 Å². The minimum atomic E-state index is -0.379. The maximum atomic E-state index is 13.2. The molecule has 0 spiro atoms. The van der Waals surface area contributed by atoms with E-state index < -0.39 is 0 Å². The van der Waals surface area contributed by atoms with E-state index in [-0.39, 0.29) is 11.7 Å². The molecule has 3 rings (SSSR count). The molecule has 0 aliphatic rings. The number of amides is 1. The Kier molecular flexibility index (Phi) is 3.53. The topological polar surface area (TPSA) is 94.0 Å². The SMILES string of the molecule is Nc1c(C(=O)NCCc2ncno2)sc2ccc(F)cc12. The minimum Gasteiger partial charge on any atom is -0.397 e. The summed E-state index contributed by atoms with van der Waals surface area (Å²) in [7, 11) is 0. The molecule has 1 amide bonds. The number of nitrogens with zero attached hydrogens (tertiary/aromatic N) is 2. The molecule has 21 heavy (non-hydrogen) atoms. The van der Waals surface area contributed by atoms with E-state index in [0.29, 0.717) is 34.8 Å². The number of rotatable bonds is 4. The number of nitrogens with one attached hydrogen (secondary N) is 1. The number of hydrogen-bond donors (Lipinski definition) is 2. The van der Waals surface area contributed by atoms with Crippen LogP contribution in [0.25, 0.3) is 10.1 Å². The fourth-order valence-corrected chi connectivity index (χ4v) is 2.95. The lowest BCUT2D eigenvalue weighted by Crippen LogP contribution is -2.25. The maximum Gasteiger partial charge on any atom is 0.263 e. The van der Waals surface area contributed by atoms with Crippen molar-refractivity contribution < 1.29 is 13.7 Å². The average Bonchev–Trinajstić information content (AvgIpc) is 3.08. The van der Waals surface area contributed by atoms with Crippen molar-refractivity contribution in [2.75, 3.05) is 12.3 Å². The Balaban J connectivity index is 1.73. The van der Waals surface area contributed by atoms with Crippen LogP contribution in [0, 0.1) is 5.82 Å². The molecule has 0 aliphatic carbocycles. The second-order valence-corrected chi connectivity index (χ2v) is 5.38. The van der Waals surface area contributed by atoms with Crippen molar-refractivity contribution in [3.05, 3.63) is 41.1 Å². The van der Waals surface area contributed by atoms with Crippen molar-refractivity contribution >= 4 is 33.0 Å². The van der Waals surface area contributed by atoms with Gasteiger partial charge in [0.05, 0.1) is 5.69 Å². The van der Waals surface area contributed by atoms with Crippen molar-refractivity contribution in [2.24, 2.45) is 0 Å². The van der Waals surface area contributed by atoms with Crippen LogP contribution in [-0.2, 0) is 6.42 Å². The molecule has 0 radical (unpaired) electrons. The lowest BCUT2D eigenvalue weighted by atomic mass is 10.2. The van der Waals surface area contributed by atoms with Crippen LogP contribution >= 0.6 is 11.3 Å². The molecular formula is C13H11FN4O2S. The van der Waals surface area contributed by atoms with Gasteiger partial charge >= 0.3 is 0 Å². The molecule has 0 bridgehead atoms. The molecule has 6 nitrogen and oxygen atoms in total. The van der Waals surface area contributed by atoms with Crippen molar-refractivity contribution in [1.29, 1.82) is 0 Å². The number of hydrogen-bond acceptors (Lipinski definition) is 6. The molecule has 108 valence electrons. The molecule has 1 aromatic carbocycles. The first-order chi connectivity index (χ1) is 10.1. The Morgan fingerprint density at radius 3 is 3.10 bits per heavy atom. The summed E-state index contributed by atoms with van der Waals surface area (Å²) in [4.78, 5) is 16.3. The van der Waals surface area contributed by atoms with Gasteiger partial charge in [-0.05, 0) is 18.2 Å². The summed E-state index contributed by atoms with van der Waals surface area (Å²) in [5.74, 6) is -0.231. The Bertz CT molecular complexity index is 785. The van der Waals surface area contributed by atoms with Crippen molar-refractivity contribution in [2.45, 2.75) is 6.42 Å². The third-order valence-electron chi connectivity index (χ3n) is 2.93. The largest absolute Gasteiger partial charge is 0.397 e. The molecule has 0 unspecified atom stereocenters. The summed E-state index contributed by atoms with van der Waals surface area (Å²) in [6, 6.07) is 4.28. The van der Waals surface area contributed by atoms with Gasteiger partial charge in [-0.3, -0.25) is 4.79 Å². The normalized spacial score (nSPS) is 10.9. The Morgan fingerprint density at radius 1 is 1.48 bits per heavy atom. The first kappa shape index (κ1) is 13.5. The fourth-order valence-electron chi connectivity index (χ4n) is 1.93. The number of halogens is 1. The summed E-state index contributed by atoms with van der Waals surface area (Å²) < 4.78 is 18.8. The van der Waals surface area contributed by atoms with Gasteiger partial charge in [0, 0.05) is 23.1 Å². The second kappa shape index (κ2) is 5.49. The van der Waals surface area contributed by atoms with Crippen LogP contribution in [0.5, 0.6) is 0 Å². The highest BCUT2D eigenvalue weighted by atomic mass is 32.1. The molecule has 0 fully saturated rings. The molecular weight excluding hydrogens is 295 g/mol. The molecule has 8 heteroatoms. The molecule has 3 N–H and O–H groups in total. The van der Waals surface area contributed by atoms with Crippen LogP contribution < -0.4 is 11.1 Å². The molecule has 2 heterocycles. The van der Waals surface area contributed by atoms with Gasteiger partial charge in [-0.1, -0.05) is 5.16 Å². The van der Waals surface area contributed by atoms with E-state index in [0.717, 1.165) is 4.70 Å². The highest BCUT2D eigenvalue weighted by Gasteiger charge is 2.16. The van der Waals surface area contributed by atoms with Crippen LogP contribution in [-0.4, -0.2) is 22.6 Å². The molecule has 0 aliphatic heterocycles. The molecule has 3 aromatic rings. The summed E-state index contributed by atoms with van der Waals surface area (Å²) in [6.45, 7) is 0.350. The zero-order valence-corrected chi connectivity index (χ0v) is 11.6. The predicted molar refractivity (Wildman–Crippen MR) is 76.5 cm³/mol. The number of fused-ring (bicyclic) bond motifs is 1. The Labute approximate surface area is 122 Å². The Morgan fingerprint density at radius 2 is 2.33 bits per heavy atom. The van der Waals surface area contributed by atoms with E-state index in [9.17, 15) is 9.18 Å². The summed E-state index contributed by atoms with van der Waals surface area (Å²) in [5, 5.41) is 6.76. The fraction of sp³-hybridized carbons (Fsp3) is 0.154. The third-order valence-corrected chi connectivity index (χ3v) is 4.11. The predicted octanol–water partition coefficient (Wildman–Crippen LogP) is 1.98. The van der Waals surface area contributed by atoms with E-state index in [2.05, 4.69) is 15.5 Å². The van der Waals surface area contributed by atoms with Gasteiger partial charge in [0.2, 0.25) is 5.89 Å². The van der Waals surface area contributed by atoms with Gasteiger partial charge in [-0.25, -0.2) is 4.39 Å². The summed E-state index contributed by atoms with van der Waals surface area (Å²) in [6.07, 6.45) is 1.74. The number of aromatic nitrogens is 2. The number of carbonyl (C=O) groups is 1. The van der Waals surface area contributed by atoms with Gasteiger partial charge in [-0.2, -0.15) is 4.98 Å². The molecule has 0 atom stereocenters. The number of thiophene rings is 1. The van der Waals surface area contributed by atoms with E-state index in [1.807, 2.05) is 0 Å². The van der Waals surface area contributed by atoms with E-state index in [1.165, 1.54) is 29.8 Å². The minimum absolute atomic E-state index is 0.296. The van der Waals surface area contributed by atoms with Crippen LogP contribution in [0.2, 0.25) is 0 Å². The van der Waals surface area contributed by atoms with Gasteiger partial charge in [0.15, 0.2) is 6.33 Å².